The Morgan fingerprint density at radius 2 is 1.58 bits per heavy atom. The van der Waals surface area contributed by atoms with Crippen molar-refractivity contribution in [1.82, 2.24) is 25.4 Å². The van der Waals surface area contributed by atoms with Gasteiger partial charge in [-0.05, 0) is 48.9 Å². The zero-order chi connectivity index (χ0) is 40.0. The van der Waals surface area contributed by atoms with E-state index in [0.29, 0.717) is 50.2 Å². The molecule has 3 heterocycles. The van der Waals surface area contributed by atoms with Gasteiger partial charge in [0.05, 0.1) is 25.6 Å². The molecule has 2 fully saturated rings. The highest BCUT2D eigenvalue weighted by Crippen LogP contribution is 2.26. The fourth-order valence-electron chi connectivity index (χ4n) is 6.83. The number of morpholine rings is 1. The zero-order valence-corrected chi connectivity index (χ0v) is 31.5. The first-order valence-corrected chi connectivity index (χ1v) is 19.1. The van der Waals surface area contributed by atoms with Crippen LogP contribution in [0.1, 0.15) is 47.5 Å². The first kappa shape index (κ1) is 40.4. The van der Waals surface area contributed by atoms with Crippen LogP contribution in [0.2, 0.25) is 0 Å². The SMILES string of the molecule is NC=NCCC[C@H](NC(=O)[C@@H]1[C@@H](OC(=O)N2CCOCC2)CCN1C(=O)[C@@H](CCc1ccccc1)NC(=O)OCc1ccccc1)C(=O)c1nc2ccccc2o1. The van der Waals surface area contributed by atoms with Gasteiger partial charge in [0, 0.05) is 32.6 Å². The van der Waals surface area contributed by atoms with Gasteiger partial charge in [0.15, 0.2) is 5.58 Å². The number of Topliss-reactive ketones (excluding diaryl/α,β-unsaturated/α-hetero) is 1. The number of fused-ring (bicyclic) bond motifs is 1. The van der Waals surface area contributed by atoms with Crippen LogP contribution in [-0.4, -0.2) is 115 Å². The number of aryl methyl sites for hydroxylation is 1. The van der Waals surface area contributed by atoms with Gasteiger partial charge in [-0.3, -0.25) is 19.4 Å². The molecule has 57 heavy (non-hydrogen) atoms. The van der Waals surface area contributed by atoms with Gasteiger partial charge in [-0.25, -0.2) is 14.6 Å². The minimum absolute atomic E-state index is 0.0212. The van der Waals surface area contributed by atoms with Crippen molar-refractivity contribution in [1.29, 1.82) is 0 Å². The minimum atomic E-state index is -1.36. The second kappa shape index (κ2) is 20.0. The number of nitrogens with zero attached hydrogens (tertiary/aromatic N) is 4. The molecule has 4 aromatic rings. The Labute approximate surface area is 329 Å². The van der Waals surface area contributed by atoms with E-state index >= 15 is 0 Å². The topological polar surface area (TPSA) is 208 Å². The van der Waals surface area contributed by atoms with Crippen LogP contribution in [0.4, 0.5) is 9.59 Å². The number of benzene rings is 3. The molecule has 6 rings (SSSR count). The molecule has 300 valence electrons. The van der Waals surface area contributed by atoms with Crippen LogP contribution < -0.4 is 16.4 Å². The Morgan fingerprint density at radius 1 is 0.877 bits per heavy atom. The molecule has 4 amide bonds. The highest BCUT2D eigenvalue weighted by molar-refractivity contribution is 6.01. The van der Waals surface area contributed by atoms with E-state index in [1.165, 1.54) is 9.80 Å². The van der Waals surface area contributed by atoms with E-state index in [2.05, 4.69) is 20.6 Å². The normalized spacial score (nSPS) is 17.9. The predicted molar refractivity (Wildman–Crippen MR) is 208 cm³/mol. The molecule has 2 aliphatic rings. The third-order valence-corrected chi connectivity index (χ3v) is 9.81. The average Bonchev–Trinajstić information content (AvgIpc) is 3.88. The number of amides is 4. The maximum Gasteiger partial charge on any atom is 0.410 e. The first-order valence-electron chi connectivity index (χ1n) is 19.1. The zero-order valence-electron chi connectivity index (χ0n) is 31.5. The number of alkyl carbamates (subject to hydrolysis) is 1. The highest BCUT2D eigenvalue weighted by Gasteiger charge is 2.47. The van der Waals surface area contributed by atoms with Crippen molar-refractivity contribution in [3.8, 4) is 0 Å². The van der Waals surface area contributed by atoms with Crippen LogP contribution in [0.15, 0.2) is 94.3 Å². The van der Waals surface area contributed by atoms with Crippen molar-refractivity contribution in [3.63, 3.8) is 0 Å². The molecule has 16 nitrogen and oxygen atoms in total. The van der Waals surface area contributed by atoms with Crippen molar-refractivity contribution in [2.45, 2.75) is 62.9 Å². The lowest BCUT2D eigenvalue weighted by molar-refractivity contribution is -0.142. The van der Waals surface area contributed by atoms with Gasteiger partial charge in [-0.2, -0.15) is 0 Å². The van der Waals surface area contributed by atoms with Crippen molar-refractivity contribution >= 4 is 47.2 Å². The quantitative estimate of drug-likeness (QED) is 0.0648. The Bertz CT molecular complexity index is 1970. The molecule has 0 bridgehead atoms. The Morgan fingerprint density at radius 3 is 2.30 bits per heavy atom. The van der Waals surface area contributed by atoms with Crippen LogP contribution in [0.5, 0.6) is 0 Å². The lowest BCUT2D eigenvalue weighted by Gasteiger charge is -2.32. The maximum atomic E-state index is 14.6. The number of nitrogens with two attached hydrogens (primary N) is 1. The third-order valence-electron chi connectivity index (χ3n) is 9.81. The number of likely N-dealkylation sites (tertiary alicyclic amines) is 1. The van der Waals surface area contributed by atoms with Crippen molar-refractivity contribution in [3.05, 3.63) is 102 Å². The summed E-state index contributed by atoms with van der Waals surface area (Å²) in [5.41, 5.74) is 8.00. The van der Waals surface area contributed by atoms with Crippen LogP contribution >= 0.6 is 0 Å². The number of carbonyl (C=O) groups excluding carboxylic acids is 5. The summed E-state index contributed by atoms with van der Waals surface area (Å²) in [6.45, 7) is 1.55. The summed E-state index contributed by atoms with van der Waals surface area (Å²) in [6, 6.07) is 21.8. The molecule has 1 aromatic heterocycles. The first-order chi connectivity index (χ1) is 27.8. The van der Waals surface area contributed by atoms with Gasteiger partial charge in [-0.15, -0.1) is 0 Å². The second-order valence-corrected chi connectivity index (χ2v) is 13.7. The van der Waals surface area contributed by atoms with Crippen molar-refractivity contribution < 1.29 is 42.6 Å². The summed E-state index contributed by atoms with van der Waals surface area (Å²) < 4.78 is 22.6. The van der Waals surface area contributed by atoms with E-state index in [9.17, 15) is 24.0 Å². The molecular formula is C41H47N7O9. The molecular weight excluding hydrogens is 734 g/mol. The van der Waals surface area contributed by atoms with Crippen molar-refractivity contribution in [2.24, 2.45) is 10.7 Å². The standard InChI is InChI=1S/C41H47N7O9/c42-27-43-20-9-15-31(36(49)38-45-30-14-7-8-16-33(30)56-38)44-37(50)35-34(57-41(53)47-22-24-54-25-23-47)19-21-48(35)39(51)32(18-17-28-10-3-1-4-11-28)46-40(52)55-26-29-12-5-2-6-13-29/h1-8,10-14,16,27,31-32,34-35H,9,15,17-26H2,(H2,42,43)(H,44,50)(H,46,52)/t31-,32+,34-,35-/m0/s1. The largest absolute Gasteiger partial charge is 0.445 e. The van der Waals surface area contributed by atoms with Gasteiger partial charge >= 0.3 is 12.2 Å². The molecule has 3 aromatic carbocycles. The number of ether oxygens (including phenoxy) is 3. The average molecular weight is 782 g/mol. The van der Waals surface area contributed by atoms with Crippen LogP contribution in [0.25, 0.3) is 11.1 Å². The fraction of sp³-hybridized carbons (Fsp3) is 0.390. The van der Waals surface area contributed by atoms with E-state index < -0.39 is 54.0 Å². The molecule has 0 spiro atoms. The number of oxazole rings is 1. The predicted octanol–water partition coefficient (Wildman–Crippen LogP) is 3.63. The third kappa shape index (κ3) is 10.9. The smallest absolute Gasteiger partial charge is 0.410 e. The van der Waals surface area contributed by atoms with Gasteiger partial charge in [0.2, 0.25) is 17.6 Å². The molecule has 2 aliphatic heterocycles. The summed E-state index contributed by atoms with van der Waals surface area (Å²) in [6.07, 6.45) is -0.175. The number of nitrogens with one attached hydrogen (secondary N) is 2. The molecule has 4 N–H and O–H groups in total. The molecule has 0 aliphatic carbocycles. The number of carbonyl (C=O) groups is 5. The molecule has 0 unspecified atom stereocenters. The van der Waals surface area contributed by atoms with Gasteiger partial charge in [-0.1, -0.05) is 72.8 Å². The van der Waals surface area contributed by atoms with Gasteiger partial charge < -0.3 is 44.8 Å². The minimum Gasteiger partial charge on any atom is -0.445 e. The number of hydrogen-bond acceptors (Lipinski definition) is 11. The Kier molecular flexibility index (Phi) is 14.2. The number of aliphatic imine (C=N–C) groups is 1. The molecule has 16 heteroatoms. The van der Waals surface area contributed by atoms with E-state index in [4.69, 9.17) is 24.4 Å². The summed E-state index contributed by atoms with van der Waals surface area (Å²) in [4.78, 5) is 80.8. The number of para-hydroxylation sites is 2. The lowest BCUT2D eigenvalue weighted by atomic mass is 10.0. The number of aromatic nitrogens is 1. The van der Waals surface area contributed by atoms with Gasteiger partial charge in [0.1, 0.15) is 30.3 Å². The highest BCUT2D eigenvalue weighted by atomic mass is 16.6. The summed E-state index contributed by atoms with van der Waals surface area (Å²) in [5, 5.41) is 5.54. The number of rotatable bonds is 16. The van der Waals surface area contributed by atoms with E-state index in [-0.39, 0.29) is 44.8 Å². The summed E-state index contributed by atoms with van der Waals surface area (Å²) >= 11 is 0. The Balaban J connectivity index is 1.26. The second-order valence-electron chi connectivity index (χ2n) is 13.7. The number of hydrogen-bond donors (Lipinski definition) is 3. The van der Waals surface area contributed by atoms with Crippen molar-refractivity contribution in [2.75, 3.05) is 39.4 Å². The van der Waals surface area contributed by atoms with Gasteiger partial charge in [0.25, 0.3) is 5.89 Å². The Hall–Kier alpha value is -6.29. The van der Waals surface area contributed by atoms with Crippen LogP contribution in [0.3, 0.4) is 0 Å². The van der Waals surface area contributed by atoms with E-state index in [1.54, 1.807) is 24.3 Å². The molecule has 0 saturated carbocycles. The number of ketones is 1. The summed E-state index contributed by atoms with van der Waals surface area (Å²) in [5.74, 6) is -2.09. The molecule has 0 radical (unpaired) electrons. The van der Waals surface area contributed by atoms with Crippen LogP contribution in [-0.2, 0) is 36.8 Å². The molecule has 4 atom stereocenters. The molecule has 2 saturated heterocycles. The fourth-order valence-corrected chi connectivity index (χ4v) is 6.83. The van der Waals surface area contributed by atoms with E-state index in [0.717, 1.165) is 17.5 Å². The lowest BCUT2D eigenvalue weighted by Crippen LogP contribution is -2.58. The monoisotopic (exact) mass is 781 g/mol. The maximum absolute atomic E-state index is 14.6. The van der Waals surface area contributed by atoms with Crippen LogP contribution in [0, 0.1) is 0 Å². The summed E-state index contributed by atoms with van der Waals surface area (Å²) in [7, 11) is 0. The van der Waals surface area contributed by atoms with E-state index in [1.807, 2.05) is 60.7 Å².